The van der Waals surface area contributed by atoms with E-state index in [1.807, 2.05) is 12.1 Å². The van der Waals surface area contributed by atoms with Gasteiger partial charge in [-0.05, 0) is 37.8 Å². The number of aromatic hydroxyl groups is 1. The topological polar surface area (TPSA) is 20.2 Å². The Morgan fingerprint density at radius 2 is 1.80 bits per heavy atom. The molecule has 1 aliphatic heterocycles. The van der Waals surface area contributed by atoms with E-state index in [4.69, 9.17) is 0 Å². The molecule has 0 aliphatic carbocycles. The Kier molecular flexibility index (Phi) is 6.70. The lowest BCUT2D eigenvalue weighted by molar-refractivity contribution is -0.920. The Balaban J connectivity index is 0.00000225. The maximum atomic E-state index is 10.5. The number of likely N-dealkylation sites (tertiary alicyclic amines) is 1. The summed E-state index contributed by atoms with van der Waals surface area (Å²) in [5, 5.41) is 10.5. The summed E-state index contributed by atoms with van der Waals surface area (Å²) in [5.41, 5.74) is 3.59. The van der Waals surface area contributed by atoms with E-state index in [1.54, 1.807) is 0 Å². The van der Waals surface area contributed by atoms with Gasteiger partial charge in [-0.25, -0.2) is 0 Å². The highest BCUT2D eigenvalue weighted by atomic mass is 79.9. The Morgan fingerprint density at radius 1 is 1.08 bits per heavy atom. The maximum Gasteiger partial charge on any atom is 0.119 e. The molecular formula is C22H30BrNO. The first kappa shape index (κ1) is 20.0. The molecule has 0 saturated carbocycles. The molecule has 0 aromatic heterocycles. The van der Waals surface area contributed by atoms with E-state index in [0.717, 1.165) is 16.5 Å². The molecule has 2 unspecified atom stereocenters. The van der Waals surface area contributed by atoms with Crippen LogP contribution in [0.4, 0.5) is 0 Å². The highest BCUT2D eigenvalue weighted by Crippen LogP contribution is 2.38. The van der Waals surface area contributed by atoms with Gasteiger partial charge in [0.05, 0.1) is 26.7 Å². The van der Waals surface area contributed by atoms with E-state index in [0.29, 0.717) is 11.8 Å². The van der Waals surface area contributed by atoms with Crippen molar-refractivity contribution in [3.8, 4) is 5.75 Å². The maximum absolute atomic E-state index is 10.5. The van der Waals surface area contributed by atoms with Gasteiger partial charge in [0.25, 0.3) is 0 Å². The second kappa shape index (κ2) is 8.37. The largest absolute Gasteiger partial charge is 1.00 e. The molecule has 3 heteroatoms. The number of nitrogens with zero attached hydrogens (tertiary/aromatic N) is 1. The van der Waals surface area contributed by atoms with Crippen LogP contribution in [0.5, 0.6) is 5.75 Å². The standard InChI is InChI=1S/C22H29NO.BrH/c1-17-12-13-22(24)21(15-17)20(18-9-5-4-6-10-18)16-19-11-7-8-14-23(19,2)3;/h4-6,9-10,12-13,15,19-20H,7-8,11,14,16H2,1-3H3;1H. The highest BCUT2D eigenvalue weighted by Gasteiger charge is 2.34. The Bertz CT molecular complexity index is 684. The molecule has 2 aromatic rings. The van der Waals surface area contributed by atoms with Crippen LogP contribution in [0.1, 0.15) is 48.3 Å². The fourth-order valence-electron chi connectivity index (χ4n) is 4.19. The number of hydrogen-bond acceptors (Lipinski definition) is 1. The molecular weight excluding hydrogens is 374 g/mol. The third-order valence-electron chi connectivity index (χ3n) is 5.78. The van der Waals surface area contributed by atoms with Crippen molar-refractivity contribution < 1.29 is 26.6 Å². The van der Waals surface area contributed by atoms with Gasteiger partial charge in [-0.15, -0.1) is 0 Å². The number of phenolic OH excluding ortho intramolecular Hbond substituents is 1. The molecule has 25 heavy (non-hydrogen) atoms. The van der Waals surface area contributed by atoms with Crippen LogP contribution in [0.2, 0.25) is 0 Å². The van der Waals surface area contributed by atoms with E-state index in [-0.39, 0.29) is 22.9 Å². The molecule has 0 spiro atoms. The minimum absolute atomic E-state index is 0. The fraction of sp³-hybridized carbons (Fsp3) is 0.455. The number of halogens is 1. The molecule has 0 bridgehead atoms. The highest BCUT2D eigenvalue weighted by molar-refractivity contribution is 5.43. The zero-order chi connectivity index (χ0) is 17.2. The summed E-state index contributed by atoms with van der Waals surface area (Å²) in [7, 11) is 4.73. The second-order valence-electron chi connectivity index (χ2n) is 7.91. The summed E-state index contributed by atoms with van der Waals surface area (Å²) in [6.07, 6.45) is 5.03. The Labute approximate surface area is 162 Å². The smallest absolute Gasteiger partial charge is 0.119 e. The van der Waals surface area contributed by atoms with E-state index < -0.39 is 0 Å². The Hall–Kier alpha value is -1.32. The van der Waals surface area contributed by atoms with Crippen LogP contribution in [-0.4, -0.2) is 36.3 Å². The van der Waals surface area contributed by atoms with Crippen molar-refractivity contribution in [2.75, 3.05) is 20.6 Å². The lowest BCUT2D eigenvalue weighted by Crippen LogP contribution is -3.00. The summed E-state index contributed by atoms with van der Waals surface area (Å²) in [6, 6.07) is 17.3. The average Bonchev–Trinajstić information content (AvgIpc) is 2.57. The molecule has 1 saturated heterocycles. The minimum Gasteiger partial charge on any atom is -1.00 e. The van der Waals surface area contributed by atoms with Crippen molar-refractivity contribution in [1.29, 1.82) is 0 Å². The summed E-state index contributed by atoms with van der Waals surface area (Å²) < 4.78 is 1.09. The molecule has 1 aliphatic rings. The predicted octanol–water partition coefficient (Wildman–Crippen LogP) is 1.86. The molecule has 3 rings (SSSR count). The first-order chi connectivity index (χ1) is 11.5. The average molecular weight is 404 g/mol. The van der Waals surface area contributed by atoms with Gasteiger partial charge in [0.1, 0.15) is 5.75 Å². The number of phenols is 1. The second-order valence-corrected chi connectivity index (χ2v) is 7.91. The zero-order valence-corrected chi connectivity index (χ0v) is 17.2. The third-order valence-corrected chi connectivity index (χ3v) is 5.78. The van der Waals surface area contributed by atoms with Crippen molar-refractivity contribution in [3.63, 3.8) is 0 Å². The zero-order valence-electron chi connectivity index (χ0n) is 15.6. The predicted molar refractivity (Wildman–Crippen MR) is 100 cm³/mol. The van der Waals surface area contributed by atoms with Gasteiger partial charge in [0.2, 0.25) is 0 Å². The molecule has 1 N–H and O–H groups in total. The van der Waals surface area contributed by atoms with Crippen LogP contribution in [0.25, 0.3) is 0 Å². The van der Waals surface area contributed by atoms with Crippen LogP contribution in [0.3, 0.4) is 0 Å². The van der Waals surface area contributed by atoms with Crippen molar-refractivity contribution in [2.24, 2.45) is 0 Å². The number of quaternary nitrogens is 1. The third kappa shape index (κ3) is 4.65. The molecule has 1 fully saturated rings. The van der Waals surface area contributed by atoms with Gasteiger partial charge < -0.3 is 26.6 Å². The minimum atomic E-state index is 0. The number of hydrogen-bond donors (Lipinski definition) is 1. The van der Waals surface area contributed by atoms with Crippen LogP contribution in [-0.2, 0) is 0 Å². The van der Waals surface area contributed by atoms with Crippen LogP contribution >= 0.6 is 0 Å². The van der Waals surface area contributed by atoms with Crippen LogP contribution < -0.4 is 17.0 Å². The Morgan fingerprint density at radius 3 is 2.48 bits per heavy atom. The van der Waals surface area contributed by atoms with Gasteiger partial charge in [0, 0.05) is 17.9 Å². The molecule has 2 atom stereocenters. The van der Waals surface area contributed by atoms with Crippen molar-refractivity contribution in [1.82, 2.24) is 0 Å². The summed E-state index contributed by atoms with van der Waals surface area (Å²) in [5.74, 6) is 0.683. The lowest BCUT2D eigenvalue weighted by Gasteiger charge is -2.43. The number of aryl methyl sites for hydroxylation is 1. The molecule has 0 amide bonds. The molecule has 1 heterocycles. The number of rotatable bonds is 4. The molecule has 2 aromatic carbocycles. The van der Waals surface area contributed by atoms with Crippen LogP contribution in [0.15, 0.2) is 48.5 Å². The number of benzene rings is 2. The van der Waals surface area contributed by atoms with E-state index in [2.05, 4.69) is 57.4 Å². The van der Waals surface area contributed by atoms with Gasteiger partial charge in [-0.1, -0.05) is 48.0 Å². The number of piperidine rings is 1. The first-order valence-electron chi connectivity index (χ1n) is 9.14. The normalized spacial score (nSPS) is 20.5. The summed E-state index contributed by atoms with van der Waals surface area (Å²) >= 11 is 0. The lowest BCUT2D eigenvalue weighted by atomic mass is 9.82. The van der Waals surface area contributed by atoms with Gasteiger partial charge in [-0.2, -0.15) is 0 Å². The molecule has 0 radical (unpaired) electrons. The monoisotopic (exact) mass is 403 g/mol. The summed E-state index contributed by atoms with van der Waals surface area (Å²) in [6.45, 7) is 3.36. The van der Waals surface area contributed by atoms with Gasteiger partial charge in [-0.3, -0.25) is 0 Å². The SMILES string of the molecule is Cc1ccc(O)c(C(CC2CCCC[N+]2(C)C)c2ccccc2)c1.[Br-]. The van der Waals surface area contributed by atoms with Gasteiger partial charge in [0.15, 0.2) is 0 Å². The quantitative estimate of drug-likeness (QED) is 0.772. The van der Waals surface area contributed by atoms with Crippen LogP contribution in [0, 0.1) is 6.92 Å². The van der Waals surface area contributed by atoms with E-state index in [1.165, 1.54) is 36.9 Å². The molecule has 2 nitrogen and oxygen atoms in total. The first-order valence-corrected chi connectivity index (χ1v) is 9.14. The fourth-order valence-corrected chi connectivity index (χ4v) is 4.19. The van der Waals surface area contributed by atoms with E-state index >= 15 is 0 Å². The van der Waals surface area contributed by atoms with Crippen molar-refractivity contribution >= 4 is 0 Å². The molecule has 136 valence electrons. The van der Waals surface area contributed by atoms with Gasteiger partial charge >= 0.3 is 0 Å². The summed E-state index contributed by atoms with van der Waals surface area (Å²) in [4.78, 5) is 0. The van der Waals surface area contributed by atoms with Crippen molar-refractivity contribution in [2.45, 2.75) is 44.6 Å². The van der Waals surface area contributed by atoms with E-state index in [9.17, 15) is 5.11 Å². The van der Waals surface area contributed by atoms with Crippen molar-refractivity contribution in [3.05, 3.63) is 65.2 Å².